The Balaban J connectivity index is 1.74. The minimum absolute atomic E-state index is 0.0536. The van der Waals surface area contributed by atoms with Crippen LogP contribution in [0.15, 0.2) is 48.8 Å². The lowest BCUT2D eigenvalue weighted by Gasteiger charge is -2.11. The van der Waals surface area contributed by atoms with E-state index in [2.05, 4.69) is 5.32 Å². The summed E-state index contributed by atoms with van der Waals surface area (Å²) in [7, 11) is 0. The average molecular weight is 256 g/mol. The maximum atomic E-state index is 12.0. The first-order valence-corrected chi connectivity index (χ1v) is 6.49. The van der Waals surface area contributed by atoms with E-state index in [1.54, 1.807) is 0 Å². The van der Waals surface area contributed by atoms with Crippen molar-refractivity contribution >= 4 is 11.6 Å². The van der Waals surface area contributed by atoms with Gasteiger partial charge in [-0.15, -0.1) is 0 Å². The highest BCUT2D eigenvalue weighted by atomic mass is 16.5. The lowest BCUT2D eigenvalue weighted by atomic mass is 10.2. The highest BCUT2D eigenvalue weighted by Crippen LogP contribution is 2.18. The molecule has 1 amide bonds. The Morgan fingerprint density at radius 2 is 2.11 bits per heavy atom. The number of amides is 1. The van der Waals surface area contributed by atoms with Gasteiger partial charge in [-0.3, -0.25) is 4.79 Å². The normalized spacial score (nSPS) is 18.4. The van der Waals surface area contributed by atoms with Gasteiger partial charge in [0, 0.05) is 30.4 Å². The molecule has 4 nitrogen and oxygen atoms in total. The maximum absolute atomic E-state index is 12.0. The van der Waals surface area contributed by atoms with E-state index in [1.807, 2.05) is 53.4 Å². The number of anilines is 1. The summed E-state index contributed by atoms with van der Waals surface area (Å²) in [5, 5.41) is 2.91. The van der Waals surface area contributed by atoms with Crippen LogP contribution in [0.1, 0.15) is 12.8 Å². The molecule has 1 aromatic heterocycles. The summed E-state index contributed by atoms with van der Waals surface area (Å²) in [4.78, 5) is 12.0. The standard InChI is InChI=1S/C15H16N2O2/c18-15(14-7-4-10-19-14)16-12-5-3-6-13(11-12)17-8-1-2-9-17/h1-3,5-6,8-9,11,14H,4,7,10H2,(H,16,18)/t14-/m1/s1. The number of nitrogens with one attached hydrogen (secondary N) is 1. The summed E-state index contributed by atoms with van der Waals surface area (Å²) in [6, 6.07) is 11.7. The van der Waals surface area contributed by atoms with E-state index in [1.165, 1.54) is 0 Å². The van der Waals surface area contributed by atoms with Crippen molar-refractivity contribution in [3.05, 3.63) is 48.8 Å². The molecule has 2 heterocycles. The molecular formula is C15H16N2O2. The molecule has 3 rings (SSSR count). The van der Waals surface area contributed by atoms with Crippen LogP contribution in [0.5, 0.6) is 0 Å². The first-order valence-electron chi connectivity index (χ1n) is 6.49. The fraction of sp³-hybridized carbons (Fsp3) is 0.267. The van der Waals surface area contributed by atoms with Crippen LogP contribution in [0.25, 0.3) is 5.69 Å². The van der Waals surface area contributed by atoms with Gasteiger partial charge in [0.05, 0.1) is 0 Å². The number of benzene rings is 1. The zero-order chi connectivity index (χ0) is 13.1. The summed E-state index contributed by atoms with van der Waals surface area (Å²) < 4.78 is 7.37. The summed E-state index contributed by atoms with van der Waals surface area (Å²) in [5.74, 6) is -0.0536. The quantitative estimate of drug-likeness (QED) is 0.917. The predicted molar refractivity (Wildman–Crippen MR) is 73.4 cm³/mol. The highest BCUT2D eigenvalue weighted by molar-refractivity contribution is 5.94. The van der Waals surface area contributed by atoms with Crippen LogP contribution in [-0.4, -0.2) is 23.2 Å². The molecule has 19 heavy (non-hydrogen) atoms. The Kier molecular flexibility index (Phi) is 3.33. The van der Waals surface area contributed by atoms with Crippen molar-refractivity contribution in [2.24, 2.45) is 0 Å². The van der Waals surface area contributed by atoms with Crippen LogP contribution in [0, 0.1) is 0 Å². The topological polar surface area (TPSA) is 43.3 Å². The molecular weight excluding hydrogens is 240 g/mol. The van der Waals surface area contributed by atoms with Crippen LogP contribution >= 0.6 is 0 Å². The van der Waals surface area contributed by atoms with Gasteiger partial charge < -0.3 is 14.6 Å². The minimum atomic E-state index is -0.296. The minimum Gasteiger partial charge on any atom is -0.368 e. The molecule has 4 heteroatoms. The molecule has 2 aromatic rings. The summed E-state index contributed by atoms with van der Waals surface area (Å²) in [6.45, 7) is 0.682. The molecule has 0 spiro atoms. The van der Waals surface area contributed by atoms with Crippen LogP contribution < -0.4 is 5.32 Å². The average Bonchev–Trinajstić information content (AvgIpc) is 3.13. The van der Waals surface area contributed by atoms with Crippen LogP contribution in [0.3, 0.4) is 0 Å². The third kappa shape index (κ3) is 2.69. The van der Waals surface area contributed by atoms with Crippen molar-refractivity contribution in [2.75, 3.05) is 11.9 Å². The van der Waals surface area contributed by atoms with Gasteiger partial charge in [-0.2, -0.15) is 0 Å². The largest absolute Gasteiger partial charge is 0.368 e. The number of carbonyl (C=O) groups excluding carboxylic acids is 1. The van der Waals surface area contributed by atoms with Gasteiger partial charge in [0.15, 0.2) is 0 Å². The van der Waals surface area contributed by atoms with Gasteiger partial charge in [-0.1, -0.05) is 6.07 Å². The van der Waals surface area contributed by atoms with Gasteiger partial charge in [0.1, 0.15) is 6.10 Å². The van der Waals surface area contributed by atoms with Gasteiger partial charge >= 0.3 is 0 Å². The van der Waals surface area contributed by atoms with Crippen molar-refractivity contribution in [2.45, 2.75) is 18.9 Å². The molecule has 1 N–H and O–H groups in total. The summed E-state index contributed by atoms with van der Waals surface area (Å²) in [6.07, 6.45) is 5.42. The maximum Gasteiger partial charge on any atom is 0.253 e. The summed E-state index contributed by atoms with van der Waals surface area (Å²) in [5.41, 5.74) is 1.82. The Bertz CT molecular complexity index is 557. The molecule has 1 fully saturated rings. The molecule has 0 saturated carbocycles. The molecule has 0 bridgehead atoms. The third-order valence-electron chi connectivity index (χ3n) is 3.24. The number of hydrogen-bond donors (Lipinski definition) is 1. The number of aromatic nitrogens is 1. The smallest absolute Gasteiger partial charge is 0.253 e. The fourth-order valence-electron chi connectivity index (χ4n) is 2.26. The first-order chi connectivity index (χ1) is 9.33. The molecule has 1 aliphatic heterocycles. The van der Waals surface area contributed by atoms with Gasteiger partial charge in [0.25, 0.3) is 5.91 Å². The van der Waals surface area contributed by atoms with E-state index < -0.39 is 0 Å². The van der Waals surface area contributed by atoms with Gasteiger partial charge in [0.2, 0.25) is 0 Å². The SMILES string of the molecule is O=C(Nc1cccc(-n2cccc2)c1)[C@H]1CCCO1. The van der Waals surface area contributed by atoms with E-state index >= 15 is 0 Å². The monoisotopic (exact) mass is 256 g/mol. The van der Waals surface area contributed by atoms with Crippen molar-refractivity contribution in [1.82, 2.24) is 4.57 Å². The lowest BCUT2D eigenvalue weighted by molar-refractivity contribution is -0.124. The lowest BCUT2D eigenvalue weighted by Crippen LogP contribution is -2.26. The Morgan fingerprint density at radius 3 is 2.84 bits per heavy atom. The van der Waals surface area contributed by atoms with E-state index in [4.69, 9.17) is 4.74 Å². The second kappa shape index (κ2) is 5.28. The fourth-order valence-corrected chi connectivity index (χ4v) is 2.26. The molecule has 98 valence electrons. The molecule has 0 unspecified atom stereocenters. The first kappa shape index (κ1) is 12.0. The zero-order valence-corrected chi connectivity index (χ0v) is 10.6. The molecule has 1 aliphatic rings. The molecule has 0 aliphatic carbocycles. The van der Waals surface area contributed by atoms with E-state index in [9.17, 15) is 4.79 Å². The number of nitrogens with zero attached hydrogens (tertiary/aromatic N) is 1. The predicted octanol–water partition coefficient (Wildman–Crippen LogP) is 2.59. The number of rotatable bonds is 3. The van der Waals surface area contributed by atoms with E-state index in [0.29, 0.717) is 6.61 Å². The van der Waals surface area contributed by atoms with Crippen LogP contribution in [-0.2, 0) is 9.53 Å². The van der Waals surface area contributed by atoms with Crippen molar-refractivity contribution in [3.63, 3.8) is 0 Å². The van der Waals surface area contributed by atoms with Crippen LogP contribution in [0.4, 0.5) is 5.69 Å². The Labute approximate surface area is 112 Å². The number of carbonyl (C=O) groups is 1. The van der Waals surface area contributed by atoms with Gasteiger partial charge in [-0.05, 0) is 43.2 Å². The highest BCUT2D eigenvalue weighted by Gasteiger charge is 2.23. The van der Waals surface area contributed by atoms with Crippen molar-refractivity contribution < 1.29 is 9.53 Å². The molecule has 0 radical (unpaired) electrons. The third-order valence-corrected chi connectivity index (χ3v) is 3.24. The van der Waals surface area contributed by atoms with E-state index in [0.717, 1.165) is 24.2 Å². The number of hydrogen-bond acceptors (Lipinski definition) is 2. The Morgan fingerprint density at radius 1 is 1.26 bits per heavy atom. The number of ether oxygens (including phenoxy) is 1. The molecule has 1 atom stereocenters. The summed E-state index contributed by atoms with van der Waals surface area (Å²) >= 11 is 0. The van der Waals surface area contributed by atoms with E-state index in [-0.39, 0.29) is 12.0 Å². The molecule has 1 aromatic carbocycles. The second-order valence-electron chi connectivity index (χ2n) is 4.63. The zero-order valence-electron chi connectivity index (χ0n) is 10.6. The van der Waals surface area contributed by atoms with Crippen LogP contribution in [0.2, 0.25) is 0 Å². The Hall–Kier alpha value is -2.07. The van der Waals surface area contributed by atoms with Crippen molar-refractivity contribution in [1.29, 1.82) is 0 Å². The second-order valence-corrected chi connectivity index (χ2v) is 4.63. The molecule has 1 saturated heterocycles. The van der Waals surface area contributed by atoms with Gasteiger partial charge in [-0.25, -0.2) is 0 Å². The van der Waals surface area contributed by atoms with Crippen molar-refractivity contribution in [3.8, 4) is 5.69 Å².